The molecule has 0 aliphatic rings. The number of benzene rings is 7. The highest BCUT2D eigenvalue weighted by atomic mass is 16.3. The van der Waals surface area contributed by atoms with E-state index in [1.54, 1.807) is 0 Å². The van der Waals surface area contributed by atoms with E-state index in [1.807, 2.05) is 66.7 Å². The monoisotopic (exact) mass is 601 g/mol. The summed E-state index contributed by atoms with van der Waals surface area (Å²) >= 11 is 0. The predicted octanol–water partition coefficient (Wildman–Crippen LogP) is 11.3. The second kappa shape index (κ2) is 11.2. The predicted molar refractivity (Wildman–Crippen MR) is 192 cm³/mol. The van der Waals surface area contributed by atoms with E-state index in [-0.39, 0.29) is 0 Å². The Kier molecular flexibility index (Phi) is 6.43. The lowest BCUT2D eigenvalue weighted by atomic mass is 9.92. The van der Waals surface area contributed by atoms with Crippen LogP contribution >= 0.6 is 0 Å². The minimum Gasteiger partial charge on any atom is -0.455 e. The van der Waals surface area contributed by atoms with Gasteiger partial charge in [0.1, 0.15) is 11.2 Å². The first-order chi connectivity index (χ1) is 23.3. The Labute approximate surface area is 271 Å². The Morgan fingerprint density at radius 3 is 1.51 bits per heavy atom. The van der Waals surface area contributed by atoms with Crippen molar-refractivity contribution in [2.75, 3.05) is 0 Å². The van der Waals surface area contributed by atoms with Gasteiger partial charge in [-0.1, -0.05) is 146 Å². The Morgan fingerprint density at radius 1 is 0.340 bits per heavy atom. The van der Waals surface area contributed by atoms with E-state index in [0.717, 1.165) is 71.7 Å². The summed E-state index contributed by atoms with van der Waals surface area (Å²) in [6, 6.07) is 56.3. The Bertz CT molecular complexity index is 2500. The smallest absolute Gasteiger partial charge is 0.164 e. The zero-order chi connectivity index (χ0) is 31.2. The lowest BCUT2D eigenvalue weighted by molar-refractivity contribution is 0.673. The van der Waals surface area contributed by atoms with Crippen LogP contribution in [0.2, 0.25) is 0 Å². The molecule has 0 saturated heterocycles. The maximum atomic E-state index is 6.60. The van der Waals surface area contributed by atoms with E-state index in [0.29, 0.717) is 17.5 Å². The third-order valence-corrected chi connectivity index (χ3v) is 8.72. The van der Waals surface area contributed by atoms with Crippen LogP contribution in [0.4, 0.5) is 0 Å². The summed E-state index contributed by atoms with van der Waals surface area (Å²) in [6.45, 7) is 0. The molecule has 9 aromatic rings. The standard InChI is InChI=1S/C43H27N3O/c1-4-14-28(15-5-1)33-24-13-25-38-39(33)37-27-36(34-22-10-11-23-35(34)40(37)47-38)31-20-12-21-32(26-31)43-45-41(29-16-6-2-7-17-29)44-42(46-43)30-18-8-3-9-19-30/h1-27H. The highest BCUT2D eigenvalue weighted by molar-refractivity contribution is 6.22. The maximum absolute atomic E-state index is 6.60. The van der Waals surface area contributed by atoms with E-state index in [2.05, 4.69) is 97.1 Å². The van der Waals surface area contributed by atoms with Crippen LogP contribution in [0.5, 0.6) is 0 Å². The second-order valence-electron chi connectivity index (χ2n) is 11.6. The van der Waals surface area contributed by atoms with E-state index in [4.69, 9.17) is 19.4 Å². The van der Waals surface area contributed by atoms with Gasteiger partial charge in [0.05, 0.1) is 0 Å². The highest BCUT2D eigenvalue weighted by Gasteiger charge is 2.19. The molecular formula is C43H27N3O. The van der Waals surface area contributed by atoms with E-state index in [9.17, 15) is 0 Å². The average Bonchev–Trinajstić information content (AvgIpc) is 3.55. The van der Waals surface area contributed by atoms with Crippen molar-refractivity contribution >= 4 is 32.7 Å². The van der Waals surface area contributed by atoms with Gasteiger partial charge in [0.2, 0.25) is 0 Å². The number of nitrogens with zero attached hydrogens (tertiary/aromatic N) is 3. The van der Waals surface area contributed by atoms with Gasteiger partial charge in [0.15, 0.2) is 17.5 Å². The van der Waals surface area contributed by atoms with E-state index < -0.39 is 0 Å². The molecule has 2 heterocycles. The molecule has 2 aromatic heterocycles. The van der Waals surface area contributed by atoms with Gasteiger partial charge in [0, 0.05) is 32.8 Å². The molecular weight excluding hydrogens is 574 g/mol. The first-order valence-corrected chi connectivity index (χ1v) is 15.7. The fraction of sp³-hybridized carbons (Fsp3) is 0. The van der Waals surface area contributed by atoms with Crippen molar-refractivity contribution in [2.45, 2.75) is 0 Å². The van der Waals surface area contributed by atoms with E-state index in [1.165, 1.54) is 0 Å². The molecule has 0 amide bonds. The molecule has 0 spiro atoms. The van der Waals surface area contributed by atoms with Gasteiger partial charge < -0.3 is 4.42 Å². The quantitative estimate of drug-likeness (QED) is 0.197. The molecule has 220 valence electrons. The number of hydrogen-bond acceptors (Lipinski definition) is 4. The van der Waals surface area contributed by atoms with Crippen LogP contribution in [0, 0.1) is 0 Å². The van der Waals surface area contributed by atoms with Crippen LogP contribution in [-0.2, 0) is 0 Å². The molecule has 0 N–H and O–H groups in total. The molecule has 0 atom stereocenters. The number of hydrogen-bond donors (Lipinski definition) is 0. The fourth-order valence-corrected chi connectivity index (χ4v) is 6.51. The van der Waals surface area contributed by atoms with Gasteiger partial charge in [-0.2, -0.15) is 0 Å². The minimum absolute atomic E-state index is 0.630. The van der Waals surface area contributed by atoms with Gasteiger partial charge in [-0.05, 0) is 45.8 Å². The molecule has 4 heteroatoms. The molecule has 0 aliphatic carbocycles. The molecule has 0 unspecified atom stereocenters. The highest BCUT2D eigenvalue weighted by Crippen LogP contribution is 2.43. The van der Waals surface area contributed by atoms with Crippen LogP contribution < -0.4 is 0 Å². The van der Waals surface area contributed by atoms with Gasteiger partial charge in [-0.3, -0.25) is 0 Å². The summed E-state index contributed by atoms with van der Waals surface area (Å²) in [6.07, 6.45) is 0. The van der Waals surface area contributed by atoms with Gasteiger partial charge in [-0.25, -0.2) is 15.0 Å². The van der Waals surface area contributed by atoms with Crippen molar-refractivity contribution in [1.82, 2.24) is 15.0 Å². The summed E-state index contributed by atoms with van der Waals surface area (Å²) in [5, 5.41) is 4.42. The molecule has 0 saturated carbocycles. The van der Waals surface area contributed by atoms with Crippen LogP contribution in [0.15, 0.2) is 168 Å². The summed E-state index contributed by atoms with van der Waals surface area (Å²) in [4.78, 5) is 14.9. The number of furan rings is 1. The summed E-state index contributed by atoms with van der Waals surface area (Å²) < 4.78 is 6.60. The molecule has 0 bridgehead atoms. The molecule has 0 radical (unpaired) electrons. The number of aromatic nitrogens is 3. The normalized spacial score (nSPS) is 11.4. The van der Waals surface area contributed by atoms with Crippen LogP contribution in [0.25, 0.3) is 89.1 Å². The summed E-state index contributed by atoms with van der Waals surface area (Å²) in [7, 11) is 0. The molecule has 47 heavy (non-hydrogen) atoms. The fourth-order valence-electron chi connectivity index (χ4n) is 6.51. The van der Waals surface area contributed by atoms with Crippen molar-refractivity contribution in [1.29, 1.82) is 0 Å². The maximum Gasteiger partial charge on any atom is 0.164 e. The number of fused-ring (bicyclic) bond motifs is 5. The lowest BCUT2D eigenvalue weighted by Gasteiger charge is -2.12. The van der Waals surface area contributed by atoms with Gasteiger partial charge >= 0.3 is 0 Å². The molecule has 0 fully saturated rings. The summed E-state index contributed by atoms with van der Waals surface area (Å²) in [5.74, 6) is 1.92. The SMILES string of the molecule is c1ccc(-c2nc(-c3ccccc3)nc(-c3cccc(-c4cc5c(oc6cccc(-c7ccccc7)c65)c5ccccc45)c3)n2)cc1. The van der Waals surface area contributed by atoms with Crippen molar-refractivity contribution < 1.29 is 4.42 Å². The second-order valence-corrected chi connectivity index (χ2v) is 11.6. The first-order valence-electron chi connectivity index (χ1n) is 15.7. The van der Waals surface area contributed by atoms with Gasteiger partial charge in [0.25, 0.3) is 0 Å². The van der Waals surface area contributed by atoms with Crippen LogP contribution in [0.1, 0.15) is 0 Å². The zero-order valence-corrected chi connectivity index (χ0v) is 25.3. The Balaban J connectivity index is 1.26. The van der Waals surface area contributed by atoms with E-state index >= 15 is 0 Å². The van der Waals surface area contributed by atoms with Crippen LogP contribution in [-0.4, -0.2) is 15.0 Å². The minimum atomic E-state index is 0.630. The first kappa shape index (κ1) is 27.0. The largest absolute Gasteiger partial charge is 0.455 e. The molecule has 7 aromatic carbocycles. The molecule has 0 aliphatic heterocycles. The molecule has 9 rings (SSSR count). The topological polar surface area (TPSA) is 51.8 Å². The van der Waals surface area contributed by atoms with Crippen molar-refractivity contribution in [3.63, 3.8) is 0 Å². The average molecular weight is 602 g/mol. The third kappa shape index (κ3) is 4.75. The summed E-state index contributed by atoms with van der Waals surface area (Å²) in [5.41, 5.74) is 9.12. The van der Waals surface area contributed by atoms with Crippen molar-refractivity contribution in [2.24, 2.45) is 0 Å². The van der Waals surface area contributed by atoms with Crippen molar-refractivity contribution in [3.05, 3.63) is 164 Å². The number of rotatable bonds is 5. The zero-order valence-electron chi connectivity index (χ0n) is 25.3. The Morgan fingerprint density at radius 2 is 0.851 bits per heavy atom. The molecule has 4 nitrogen and oxygen atoms in total. The van der Waals surface area contributed by atoms with Crippen molar-refractivity contribution in [3.8, 4) is 56.4 Å². The third-order valence-electron chi connectivity index (χ3n) is 8.72. The van der Waals surface area contributed by atoms with Crippen LogP contribution in [0.3, 0.4) is 0 Å². The lowest BCUT2D eigenvalue weighted by Crippen LogP contribution is -2.00. The van der Waals surface area contributed by atoms with Gasteiger partial charge in [-0.15, -0.1) is 0 Å². The Hall–Kier alpha value is -6.39.